The third-order valence-corrected chi connectivity index (χ3v) is 4.17. The van der Waals surface area contributed by atoms with Gasteiger partial charge in [0.15, 0.2) is 5.84 Å². The fraction of sp³-hybridized carbons (Fsp3) is 0.500. The van der Waals surface area contributed by atoms with Gasteiger partial charge in [-0.15, -0.1) is 0 Å². The summed E-state index contributed by atoms with van der Waals surface area (Å²) in [5.74, 6) is 6.68. The monoisotopic (exact) mass is 290 g/mol. The minimum Gasteiger partial charge on any atom is -0.364 e. The zero-order chi connectivity index (χ0) is 14.9. The summed E-state index contributed by atoms with van der Waals surface area (Å²) in [6.45, 7) is 0. The van der Waals surface area contributed by atoms with E-state index in [1.807, 2.05) is 0 Å². The first-order valence-electron chi connectivity index (χ1n) is 7.18. The Bertz CT molecular complexity index is 579. The van der Waals surface area contributed by atoms with Crippen molar-refractivity contribution in [3.8, 4) is 0 Å². The molecule has 0 aromatic heterocycles. The number of hydrazine groups is 1. The smallest absolute Gasteiger partial charge is 0.270 e. The molecule has 1 saturated carbocycles. The summed E-state index contributed by atoms with van der Waals surface area (Å²) in [5, 5.41) is 16.5. The van der Waals surface area contributed by atoms with E-state index < -0.39 is 10.6 Å². The van der Waals surface area contributed by atoms with E-state index in [0.717, 1.165) is 25.7 Å². The number of non-ortho nitro benzene ring substituents is 1. The van der Waals surface area contributed by atoms with Gasteiger partial charge in [0.25, 0.3) is 5.69 Å². The highest BCUT2D eigenvalue weighted by molar-refractivity contribution is 5.99. The Hall–Kier alpha value is -2.15. The zero-order valence-corrected chi connectivity index (χ0v) is 11.7. The van der Waals surface area contributed by atoms with Crippen LogP contribution >= 0.6 is 0 Å². The molecule has 7 heteroatoms. The molecule has 2 aliphatic rings. The van der Waals surface area contributed by atoms with Crippen molar-refractivity contribution in [3.63, 3.8) is 0 Å². The van der Waals surface area contributed by atoms with E-state index in [2.05, 4.69) is 5.16 Å². The molecular formula is C14H18N4O3. The molecule has 3 rings (SSSR count). The minimum absolute atomic E-state index is 0.0189. The van der Waals surface area contributed by atoms with E-state index in [1.54, 1.807) is 17.1 Å². The van der Waals surface area contributed by atoms with Gasteiger partial charge in [-0.05, 0) is 12.8 Å². The van der Waals surface area contributed by atoms with Gasteiger partial charge in [-0.3, -0.25) is 10.1 Å². The second-order valence-electron chi connectivity index (χ2n) is 5.54. The molecule has 1 aliphatic carbocycles. The van der Waals surface area contributed by atoms with Crippen molar-refractivity contribution in [1.29, 1.82) is 0 Å². The van der Waals surface area contributed by atoms with Crippen LogP contribution in [0.15, 0.2) is 29.4 Å². The summed E-state index contributed by atoms with van der Waals surface area (Å²) in [6, 6.07) is 6.30. The highest BCUT2D eigenvalue weighted by Gasteiger charge is 2.45. The summed E-state index contributed by atoms with van der Waals surface area (Å²) in [4.78, 5) is 16.1. The molecule has 0 atom stereocenters. The summed E-state index contributed by atoms with van der Waals surface area (Å²) >= 11 is 0. The first-order chi connectivity index (χ1) is 10.1. The van der Waals surface area contributed by atoms with Crippen LogP contribution in [0.25, 0.3) is 0 Å². The molecule has 0 radical (unpaired) electrons. The van der Waals surface area contributed by atoms with Crippen molar-refractivity contribution in [2.45, 2.75) is 44.2 Å². The Balaban J connectivity index is 1.87. The van der Waals surface area contributed by atoms with Crippen LogP contribution in [0, 0.1) is 10.1 Å². The number of amidine groups is 1. The number of nitro benzene ring substituents is 1. The Morgan fingerprint density at radius 3 is 2.67 bits per heavy atom. The predicted octanol–water partition coefficient (Wildman–Crippen LogP) is 2.51. The van der Waals surface area contributed by atoms with Crippen molar-refractivity contribution < 1.29 is 9.76 Å². The predicted molar refractivity (Wildman–Crippen MR) is 77.2 cm³/mol. The fourth-order valence-corrected chi connectivity index (χ4v) is 2.97. The molecule has 21 heavy (non-hydrogen) atoms. The van der Waals surface area contributed by atoms with E-state index in [9.17, 15) is 10.1 Å². The molecule has 1 aromatic rings. The van der Waals surface area contributed by atoms with Gasteiger partial charge in [-0.1, -0.05) is 30.1 Å². The number of nitro groups is 1. The highest BCUT2D eigenvalue weighted by Crippen LogP contribution is 2.37. The molecule has 2 N–H and O–H groups in total. The minimum atomic E-state index is -0.587. The SMILES string of the molecule is NN1C(c2cccc([N+](=O)[O-])c2)=NOC12CCCCCC2. The van der Waals surface area contributed by atoms with Crippen LogP contribution in [0.3, 0.4) is 0 Å². The Morgan fingerprint density at radius 2 is 2.00 bits per heavy atom. The van der Waals surface area contributed by atoms with Gasteiger partial charge in [0.1, 0.15) is 0 Å². The first-order valence-corrected chi connectivity index (χ1v) is 7.18. The number of hydrogen-bond donors (Lipinski definition) is 1. The maximum Gasteiger partial charge on any atom is 0.270 e. The molecule has 0 amide bonds. The normalized spacial score (nSPS) is 20.8. The van der Waals surface area contributed by atoms with Gasteiger partial charge in [0, 0.05) is 30.5 Å². The van der Waals surface area contributed by atoms with E-state index >= 15 is 0 Å². The van der Waals surface area contributed by atoms with Crippen molar-refractivity contribution in [2.24, 2.45) is 11.0 Å². The number of nitrogens with zero attached hydrogens (tertiary/aromatic N) is 3. The number of hydrogen-bond acceptors (Lipinski definition) is 6. The van der Waals surface area contributed by atoms with Crippen molar-refractivity contribution in [2.75, 3.05) is 0 Å². The third-order valence-electron chi connectivity index (χ3n) is 4.17. The van der Waals surface area contributed by atoms with Crippen molar-refractivity contribution in [1.82, 2.24) is 5.01 Å². The lowest BCUT2D eigenvalue weighted by Crippen LogP contribution is -2.52. The van der Waals surface area contributed by atoms with Crippen LogP contribution in [-0.4, -0.2) is 21.5 Å². The molecule has 1 aliphatic heterocycles. The topological polar surface area (TPSA) is 94.0 Å². The Kier molecular flexibility index (Phi) is 3.50. The van der Waals surface area contributed by atoms with Crippen molar-refractivity contribution in [3.05, 3.63) is 39.9 Å². The van der Waals surface area contributed by atoms with Crippen LogP contribution in [0.2, 0.25) is 0 Å². The average molecular weight is 290 g/mol. The van der Waals surface area contributed by atoms with Crippen LogP contribution in [0.4, 0.5) is 5.69 Å². The quantitative estimate of drug-likeness (QED) is 0.513. The highest BCUT2D eigenvalue weighted by atomic mass is 16.7. The van der Waals surface area contributed by atoms with Gasteiger partial charge in [-0.2, -0.15) is 0 Å². The molecule has 0 unspecified atom stereocenters. The van der Waals surface area contributed by atoms with E-state index in [0.29, 0.717) is 11.4 Å². The van der Waals surface area contributed by atoms with Crippen LogP contribution in [0.5, 0.6) is 0 Å². The molecule has 1 heterocycles. The zero-order valence-electron chi connectivity index (χ0n) is 11.7. The largest absolute Gasteiger partial charge is 0.364 e. The van der Waals surface area contributed by atoms with E-state index in [1.165, 1.54) is 25.0 Å². The lowest BCUT2D eigenvalue weighted by molar-refractivity contribution is -0.384. The van der Waals surface area contributed by atoms with Crippen LogP contribution in [-0.2, 0) is 4.84 Å². The third kappa shape index (κ3) is 2.44. The molecule has 1 spiro atoms. The molecule has 0 bridgehead atoms. The first kappa shape index (κ1) is 13.8. The van der Waals surface area contributed by atoms with E-state index in [4.69, 9.17) is 10.7 Å². The number of nitrogens with two attached hydrogens (primary N) is 1. The van der Waals surface area contributed by atoms with Crippen molar-refractivity contribution >= 4 is 11.5 Å². The second-order valence-corrected chi connectivity index (χ2v) is 5.54. The number of oxime groups is 1. The standard InChI is InChI=1S/C14H18N4O3/c15-17-13(11-6-5-7-12(10-11)18(19)20)16-21-14(17)8-3-1-2-4-9-14/h5-7,10H,1-4,8-9,15H2. The maximum absolute atomic E-state index is 10.9. The average Bonchev–Trinajstić information content (AvgIpc) is 2.66. The lowest BCUT2D eigenvalue weighted by atomic mass is 10.0. The van der Waals surface area contributed by atoms with Gasteiger partial charge < -0.3 is 4.84 Å². The van der Waals surface area contributed by atoms with Crippen LogP contribution in [0.1, 0.15) is 44.1 Å². The second kappa shape index (κ2) is 5.33. The summed E-state index contributed by atoms with van der Waals surface area (Å²) in [6.07, 6.45) is 6.09. The Morgan fingerprint density at radius 1 is 1.29 bits per heavy atom. The summed E-state index contributed by atoms with van der Waals surface area (Å²) < 4.78 is 0. The van der Waals surface area contributed by atoms with Gasteiger partial charge in [0.05, 0.1) is 4.92 Å². The maximum atomic E-state index is 10.9. The number of rotatable bonds is 2. The summed E-state index contributed by atoms with van der Waals surface area (Å²) in [5.41, 5.74) is 0.0365. The van der Waals surface area contributed by atoms with E-state index in [-0.39, 0.29) is 5.69 Å². The van der Waals surface area contributed by atoms with Gasteiger partial charge >= 0.3 is 0 Å². The van der Waals surface area contributed by atoms with Crippen LogP contribution < -0.4 is 5.84 Å². The molecule has 1 aromatic carbocycles. The van der Waals surface area contributed by atoms with Gasteiger partial charge in [-0.25, -0.2) is 10.9 Å². The fourth-order valence-electron chi connectivity index (χ4n) is 2.97. The lowest BCUT2D eigenvalue weighted by Gasteiger charge is -2.33. The molecule has 1 fully saturated rings. The Labute approximate surface area is 122 Å². The molecule has 7 nitrogen and oxygen atoms in total. The van der Waals surface area contributed by atoms with Gasteiger partial charge in [0.2, 0.25) is 5.72 Å². The molecular weight excluding hydrogens is 272 g/mol. The molecule has 0 saturated heterocycles. The number of benzene rings is 1. The molecule has 112 valence electrons. The summed E-state index contributed by atoms with van der Waals surface area (Å²) in [7, 11) is 0.